The van der Waals surface area contributed by atoms with Crippen molar-refractivity contribution in [3.05, 3.63) is 24.0 Å². The van der Waals surface area contributed by atoms with Crippen molar-refractivity contribution >= 4 is 0 Å². The summed E-state index contributed by atoms with van der Waals surface area (Å²) in [5.74, 6) is 0. The van der Waals surface area contributed by atoms with Gasteiger partial charge >= 0.3 is 0 Å². The maximum absolute atomic E-state index is 8.81. The molecule has 1 aliphatic rings. The van der Waals surface area contributed by atoms with Gasteiger partial charge in [-0.3, -0.25) is 4.90 Å². The highest BCUT2D eigenvalue weighted by Crippen LogP contribution is 2.24. The van der Waals surface area contributed by atoms with Crippen LogP contribution in [0.4, 0.5) is 0 Å². The molecule has 0 saturated carbocycles. The molecule has 0 saturated heterocycles. The van der Waals surface area contributed by atoms with Crippen LogP contribution in [0.25, 0.3) is 0 Å². The first-order valence-electron chi connectivity index (χ1n) is 5.33. The fourth-order valence-electron chi connectivity index (χ4n) is 2.21. The zero-order chi connectivity index (χ0) is 9.97. The fraction of sp³-hybridized carbons (Fsp3) is 0.636. The van der Waals surface area contributed by atoms with E-state index in [4.69, 9.17) is 5.11 Å². The molecule has 0 amide bonds. The van der Waals surface area contributed by atoms with Crippen LogP contribution < -0.4 is 0 Å². The predicted molar refractivity (Wildman–Crippen MR) is 56.1 cm³/mol. The van der Waals surface area contributed by atoms with E-state index in [1.807, 2.05) is 0 Å². The molecule has 3 nitrogen and oxygen atoms in total. The van der Waals surface area contributed by atoms with Crippen molar-refractivity contribution in [1.29, 1.82) is 0 Å². The summed E-state index contributed by atoms with van der Waals surface area (Å²) in [6.45, 7) is 5.72. The third-order valence-electron chi connectivity index (χ3n) is 3.07. The number of aliphatic hydroxyl groups is 1. The largest absolute Gasteiger partial charge is 0.396 e. The molecule has 78 valence electrons. The Morgan fingerprint density at radius 1 is 1.50 bits per heavy atom. The first-order valence-corrected chi connectivity index (χ1v) is 5.33. The van der Waals surface area contributed by atoms with E-state index >= 15 is 0 Å². The molecule has 14 heavy (non-hydrogen) atoms. The van der Waals surface area contributed by atoms with Crippen molar-refractivity contribution in [2.75, 3.05) is 19.7 Å². The molecular formula is C11H18N2O. The van der Waals surface area contributed by atoms with Crippen molar-refractivity contribution in [3.63, 3.8) is 0 Å². The summed E-state index contributed by atoms with van der Waals surface area (Å²) in [6.07, 6.45) is 3.03. The van der Waals surface area contributed by atoms with E-state index in [9.17, 15) is 0 Å². The van der Waals surface area contributed by atoms with E-state index < -0.39 is 0 Å². The molecule has 0 aromatic carbocycles. The highest BCUT2D eigenvalue weighted by atomic mass is 16.3. The molecule has 1 aromatic rings. The van der Waals surface area contributed by atoms with E-state index in [0.29, 0.717) is 12.6 Å². The van der Waals surface area contributed by atoms with Gasteiger partial charge in [-0.05, 0) is 25.5 Å². The van der Waals surface area contributed by atoms with Crippen LogP contribution in [0.1, 0.15) is 25.1 Å². The Morgan fingerprint density at radius 2 is 2.36 bits per heavy atom. The van der Waals surface area contributed by atoms with Crippen molar-refractivity contribution in [3.8, 4) is 0 Å². The lowest BCUT2D eigenvalue weighted by Crippen LogP contribution is -2.37. The van der Waals surface area contributed by atoms with Crippen molar-refractivity contribution < 1.29 is 5.11 Å². The van der Waals surface area contributed by atoms with Crippen molar-refractivity contribution in [2.24, 2.45) is 0 Å². The Balaban J connectivity index is 2.05. The van der Waals surface area contributed by atoms with Gasteiger partial charge in [0.2, 0.25) is 0 Å². The topological polar surface area (TPSA) is 28.4 Å². The predicted octanol–water partition coefficient (Wildman–Crippen LogP) is 1.25. The number of hydrogen-bond acceptors (Lipinski definition) is 2. The quantitative estimate of drug-likeness (QED) is 0.784. The Hall–Kier alpha value is -0.800. The van der Waals surface area contributed by atoms with E-state index in [2.05, 4.69) is 34.7 Å². The standard InChI is InChI=1S/C11H18N2O/c1-10-11-4-2-5-13(11)8-7-12(10)6-3-9-14/h2,4-5,10,14H,3,6-9H2,1H3. The number of hydrogen-bond donors (Lipinski definition) is 1. The van der Waals surface area contributed by atoms with Gasteiger partial charge in [-0.25, -0.2) is 0 Å². The van der Waals surface area contributed by atoms with E-state index in [1.54, 1.807) is 0 Å². The van der Waals surface area contributed by atoms with Gasteiger partial charge in [0.1, 0.15) is 0 Å². The second kappa shape index (κ2) is 4.15. The zero-order valence-corrected chi connectivity index (χ0v) is 8.69. The molecule has 0 spiro atoms. The van der Waals surface area contributed by atoms with Crippen LogP contribution in [0.15, 0.2) is 18.3 Å². The number of nitrogens with zero attached hydrogens (tertiary/aromatic N) is 2. The summed E-state index contributed by atoms with van der Waals surface area (Å²) in [5, 5.41) is 8.81. The van der Waals surface area contributed by atoms with Crippen LogP contribution in [0.2, 0.25) is 0 Å². The molecule has 1 aromatic heterocycles. The van der Waals surface area contributed by atoms with E-state index in [0.717, 1.165) is 26.1 Å². The normalized spacial score (nSPS) is 22.3. The van der Waals surface area contributed by atoms with E-state index in [1.165, 1.54) is 5.69 Å². The first kappa shape index (κ1) is 9.74. The van der Waals surface area contributed by atoms with Gasteiger partial charge in [0.25, 0.3) is 0 Å². The fourth-order valence-corrected chi connectivity index (χ4v) is 2.21. The Bertz CT molecular complexity index is 295. The van der Waals surface area contributed by atoms with Gasteiger partial charge in [0.15, 0.2) is 0 Å². The first-order chi connectivity index (χ1) is 6.83. The lowest BCUT2D eigenvalue weighted by molar-refractivity contribution is 0.152. The summed E-state index contributed by atoms with van der Waals surface area (Å²) in [4.78, 5) is 2.44. The Morgan fingerprint density at radius 3 is 3.14 bits per heavy atom. The van der Waals surface area contributed by atoms with Crippen LogP contribution in [-0.2, 0) is 6.54 Å². The van der Waals surface area contributed by atoms with Gasteiger partial charge in [-0.2, -0.15) is 0 Å². The minimum Gasteiger partial charge on any atom is -0.396 e. The maximum Gasteiger partial charge on any atom is 0.0472 e. The number of fused-ring (bicyclic) bond motifs is 1. The lowest BCUT2D eigenvalue weighted by atomic mass is 10.1. The minimum atomic E-state index is 0.296. The van der Waals surface area contributed by atoms with Crippen LogP contribution in [0, 0.1) is 0 Å². The van der Waals surface area contributed by atoms with Crippen LogP contribution in [0.3, 0.4) is 0 Å². The molecular weight excluding hydrogens is 176 g/mol. The highest BCUT2D eigenvalue weighted by molar-refractivity contribution is 5.13. The Labute approximate surface area is 85.0 Å². The molecule has 1 atom stereocenters. The smallest absolute Gasteiger partial charge is 0.0472 e. The van der Waals surface area contributed by atoms with Crippen molar-refractivity contribution in [1.82, 2.24) is 9.47 Å². The van der Waals surface area contributed by atoms with Gasteiger partial charge in [0, 0.05) is 44.2 Å². The minimum absolute atomic E-state index is 0.296. The second-order valence-electron chi connectivity index (χ2n) is 3.92. The molecule has 1 N–H and O–H groups in total. The third-order valence-corrected chi connectivity index (χ3v) is 3.07. The SMILES string of the molecule is CC1c2cccn2CCN1CCCO. The van der Waals surface area contributed by atoms with Crippen LogP contribution in [0.5, 0.6) is 0 Å². The molecule has 0 fully saturated rings. The van der Waals surface area contributed by atoms with Gasteiger partial charge in [0.05, 0.1) is 0 Å². The Kier molecular flexibility index (Phi) is 2.89. The lowest BCUT2D eigenvalue weighted by Gasteiger charge is -2.34. The average Bonchev–Trinajstić information content (AvgIpc) is 2.66. The van der Waals surface area contributed by atoms with Crippen molar-refractivity contribution in [2.45, 2.75) is 25.9 Å². The molecule has 1 aliphatic heterocycles. The third kappa shape index (κ3) is 1.70. The second-order valence-corrected chi connectivity index (χ2v) is 3.92. The van der Waals surface area contributed by atoms with Crippen LogP contribution >= 0.6 is 0 Å². The summed E-state index contributed by atoms with van der Waals surface area (Å²) >= 11 is 0. The maximum atomic E-state index is 8.81. The molecule has 0 aliphatic carbocycles. The van der Waals surface area contributed by atoms with E-state index in [-0.39, 0.29) is 0 Å². The zero-order valence-electron chi connectivity index (χ0n) is 8.69. The number of aliphatic hydroxyl groups excluding tert-OH is 1. The number of aromatic nitrogens is 1. The van der Waals surface area contributed by atoms with Gasteiger partial charge < -0.3 is 9.67 Å². The monoisotopic (exact) mass is 194 g/mol. The summed E-state index contributed by atoms with van der Waals surface area (Å²) in [6, 6.07) is 4.79. The summed E-state index contributed by atoms with van der Waals surface area (Å²) in [5.41, 5.74) is 1.40. The summed E-state index contributed by atoms with van der Waals surface area (Å²) < 4.78 is 2.32. The molecule has 0 radical (unpaired) electrons. The summed E-state index contributed by atoms with van der Waals surface area (Å²) in [7, 11) is 0. The van der Waals surface area contributed by atoms with Gasteiger partial charge in [-0.1, -0.05) is 0 Å². The highest BCUT2D eigenvalue weighted by Gasteiger charge is 2.22. The number of rotatable bonds is 3. The van der Waals surface area contributed by atoms with Gasteiger partial charge in [-0.15, -0.1) is 0 Å². The van der Waals surface area contributed by atoms with Crippen LogP contribution in [-0.4, -0.2) is 34.3 Å². The molecule has 1 unspecified atom stereocenters. The molecule has 2 heterocycles. The molecule has 3 heteroatoms. The molecule has 0 bridgehead atoms. The molecule has 2 rings (SSSR count). The average molecular weight is 194 g/mol.